The lowest BCUT2D eigenvalue weighted by atomic mass is 10.5. The maximum Gasteiger partial charge on any atom is 0.224 e. The first-order valence-corrected chi connectivity index (χ1v) is 4.87. The summed E-state index contributed by atoms with van der Waals surface area (Å²) in [7, 11) is 0. The lowest BCUT2D eigenvalue weighted by Gasteiger charge is -2.01. The number of ether oxygens (including phenoxy) is 1. The zero-order valence-corrected chi connectivity index (χ0v) is 9.68. The number of rotatable bonds is 2. The highest BCUT2D eigenvalue weighted by molar-refractivity contribution is 9.10. The second-order valence-corrected chi connectivity index (χ2v) is 3.63. The zero-order chi connectivity index (χ0) is 8.27. The van der Waals surface area contributed by atoms with Gasteiger partial charge in [-0.15, -0.1) is 23.7 Å². The molecule has 0 aliphatic carbocycles. The van der Waals surface area contributed by atoms with Gasteiger partial charge in [-0.05, 0) is 34.3 Å². The van der Waals surface area contributed by atoms with E-state index in [2.05, 4.69) is 15.9 Å². The van der Waals surface area contributed by atoms with Gasteiger partial charge in [-0.3, -0.25) is 5.41 Å². The molecule has 0 amide bonds. The molecular formula is C7H9BrClNOS. The lowest BCUT2D eigenvalue weighted by molar-refractivity contribution is 0.326. The van der Waals surface area contributed by atoms with E-state index in [-0.39, 0.29) is 18.3 Å². The Morgan fingerprint density at radius 2 is 2.42 bits per heavy atom. The molecule has 0 atom stereocenters. The molecule has 68 valence electrons. The minimum absolute atomic E-state index is 0. The molecule has 0 bridgehead atoms. The smallest absolute Gasteiger partial charge is 0.224 e. The van der Waals surface area contributed by atoms with Crippen LogP contribution in [0.3, 0.4) is 0 Å². The van der Waals surface area contributed by atoms with Gasteiger partial charge >= 0.3 is 0 Å². The SMILES string of the molecule is CCOC(=N)c1sccc1Br.Cl. The van der Waals surface area contributed by atoms with Crippen LogP contribution in [0.1, 0.15) is 11.8 Å². The summed E-state index contributed by atoms with van der Waals surface area (Å²) in [6, 6.07) is 1.91. The molecule has 12 heavy (non-hydrogen) atoms. The van der Waals surface area contributed by atoms with Gasteiger partial charge in [0.15, 0.2) is 0 Å². The third-order valence-electron chi connectivity index (χ3n) is 1.11. The average Bonchev–Trinajstić information content (AvgIpc) is 2.36. The number of halogens is 2. The minimum atomic E-state index is 0. The summed E-state index contributed by atoms with van der Waals surface area (Å²) in [5.41, 5.74) is 0. The molecule has 0 spiro atoms. The second kappa shape index (κ2) is 5.56. The van der Waals surface area contributed by atoms with Crippen molar-refractivity contribution in [1.82, 2.24) is 0 Å². The van der Waals surface area contributed by atoms with Gasteiger partial charge in [-0.1, -0.05) is 0 Å². The van der Waals surface area contributed by atoms with Crippen molar-refractivity contribution in [3.63, 3.8) is 0 Å². The van der Waals surface area contributed by atoms with Gasteiger partial charge < -0.3 is 4.74 Å². The van der Waals surface area contributed by atoms with E-state index in [1.165, 1.54) is 11.3 Å². The summed E-state index contributed by atoms with van der Waals surface area (Å²) in [6.07, 6.45) is 0. The fraction of sp³-hybridized carbons (Fsp3) is 0.286. The molecular weight excluding hydrogens is 262 g/mol. The van der Waals surface area contributed by atoms with Crippen molar-refractivity contribution in [2.24, 2.45) is 0 Å². The average molecular weight is 271 g/mol. The van der Waals surface area contributed by atoms with Crippen LogP contribution >= 0.6 is 39.7 Å². The molecule has 5 heteroatoms. The number of thiophene rings is 1. The third kappa shape index (κ3) is 2.77. The summed E-state index contributed by atoms with van der Waals surface area (Å²) in [5.74, 6) is 0.245. The molecule has 0 unspecified atom stereocenters. The maximum atomic E-state index is 7.45. The van der Waals surface area contributed by atoms with Crippen molar-refractivity contribution >= 4 is 45.6 Å². The quantitative estimate of drug-likeness (QED) is 0.649. The van der Waals surface area contributed by atoms with E-state index in [4.69, 9.17) is 10.1 Å². The van der Waals surface area contributed by atoms with Crippen LogP contribution in [-0.2, 0) is 4.74 Å². The second-order valence-electron chi connectivity index (χ2n) is 1.86. The van der Waals surface area contributed by atoms with Crippen LogP contribution in [0.2, 0.25) is 0 Å². The van der Waals surface area contributed by atoms with Crippen LogP contribution in [-0.4, -0.2) is 12.5 Å². The molecule has 0 aliphatic heterocycles. The molecule has 1 aromatic heterocycles. The van der Waals surface area contributed by atoms with Gasteiger partial charge in [0, 0.05) is 4.47 Å². The van der Waals surface area contributed by atoms with Crippen molar-refractivity contribution in [2.45, 2.75) is 6.92 Å². The van der Waals surface area contributed by atoms with Crippen molar-refractivity contribution < 1.29 is 4.74 Å². The Kier molecular flexibility index (Phi) is 5.53. The summed E-state index contributed by atoms with van der Waals surface area (Å²) in [4.78, 5) is 0.854. The topological polar surface area (TPSA) is 33.1 Å². The van der Waals surface area contributed by atoms with Gasteiger partial charge in [0.2, 0.25) is 5.90 Å². The largest absolute Gasteiger partial charge is 0.477 e. The van der Waals surface area contributed by atoms with Crippen LogP contribution < -0.4 is 0 Å². The molecule has 0 aliphatic rings. The predicted molar refractivity (Wildman–Crippen MR) is 57.7 cm³/mol. The van der Waals surface area contributed by atoms with Crippen molar-refractivity contribution in [1.29, 1.82) is 5.41 Å². The first-order chi connectivity index (χ1) is 5.25. The van der Waals surface area contributed by atoms with Crippen LogP contribution in [0.5, 0.6) is 0 Å². The Morgan fingerprint density at radius 1 is 1.75 bits per heavy atom. The van der Waals surface area contributed by atoms with E-state index in [1.807, 2.05) is 18.4 Å². The van der Waals surface area contributed by atoms with Gasteiger partial charge in [0.05, 0.1) is 6.61 Å². The van der Waals surface area contributed by atoms with Crippen LogP contribution in [0.15, 0.2) is 15.9 Å². The van der Waals surface area contributed by atoms with Gasteiger partial charge in [-0.25, -0.2) is 0 Å². The molecule has 1 heterocycles. The Balaban J connectivity index is 0.00000121. The zero-order valence-electron chi connectivity index (χ0n) is 6.46. The number of hydrogen-bond acceptors (Lipinski definition) is 3. The highest BCUT2D eigenvalue weighted by Crippen LogP contribution is 2.23. The van der Waals surface area contributed by atoms with E-state index in [0.717, 1.165) is 9.35 Å². The molecule has 0 aromatic carbocycles. The standard InChI is InChI=1S/C7H8BrNOS.ClH/c1-2-10-7(9)6-5(8)3-4-11-6;/h3-4,9H,2H2,1H3;1H. The summed E-state index contributed by atoms with van der Waals surface area (Å²) < 4.78 is 5.96. The highest BCUT2D eigenvalue weighted by atomic mass is 79.9. The minimum Gasteiger partial charge on any atom is -0.477 e. The first-order valence-electron chi connectivity index (χ1n) is 3.20. The van der Waals surface area contributed by atoms with E-state index in [9.17, 15) is 0 Å². The van der Waals surface area contributed by atoms with Crippen LogP contribution in [0.25, 0.3) is 0 Å². The molecule has 0 fully saturated rings. The van der Waals surface area contributed by atoms with E-state index in [1.54, 1.807) is 0 Å². The number of nitrogens with one attached hydrogen (secondary N) is 1. The molecule has 1 aromatic rings. The highest BCUT2D eigenvalue weighted by Gasteiger charge is 2.07. The molecule has 0 saturated carbocycles. The van der Waals surface area contributed by atoms with Gasteiger partial charge in [0.1, 0.15) is 4.88 Å². The Bertz CT molecular complexity index is 264. The molecule has 1 rings (SSSR count). The Hall–Kier alpha value is -0.0600. The number of hydrogen-bond donors (Lipinski definition) is 1. The molecule has 0 saturated heterocycles. The van der Waals surface area contributed by atoms with Crippen LogP contribution in [0, 0.1) is 5.41 Å². The monoisotopic (exact) mass is 269 g/mol. The Morgan fingerprint density at radius 3 is 2.83 bits per heavy atom. The summed E-state index contributed by atoms with van der Waals surface area (Å²) >= 11 is 4.83. The fourth-order valence-electron chi connectivity index (χ4n) is 0.666. The van der Waals surface area contributed by atoms with Crippen LogP contribution in [0.4, 0.5) is 0 Å². The summed E-state index contributed by atoms with van der Waals surface area (Å²) in [5, 5.41) is 9.37. The van der Waals surface area contributed by atoms with Gasteiger partial charge in [-0.2, -0.15) is 0 Å². The molecule has 0 radical (unpaired) electrons. The van der Waals surface area contributed by atoms with E-state index in [0.29, 0.717) is 6.61 Å². The fourth-order valence-corrected chi connectivity index (χ4v) is 2.12. The Labute approximate surface area is 90.0 Å². The third-order valence-corrected chi connectivity index (χ3v) is 2.95. The normalized spacial score (nSPS) is 8.83. The van der Waals surface area contributed by atoms with Crippen molar-refractivity contribution in [3.05, 3.63) is 20.8 Å². The lowest BCUT2D eigenvalue weighted by Crippen LogP contribution is -2.02. The predicted octanol–water partition coefficient (Wildman–Crippen LogP) is 3.29. The van der Waals surface area contributed by atoms with Crippen molar-refractivity contribution in [3.8, 4) is 0 Å². The first kappa shape index (κ1) is 11.9. The summed E-state index contributed by atoms with van der Waals surface area (Å²) in [6.45, 7) is 2.42. The van der Waals surface area contributed by atoms with Gasteiger partial charge in [0.25, 0.3) is 0 Å². The van der Waals surface area contributed by atoms with E-state index < -0.39 is 0 Å². The van der Waals surface area contributed by atoms with E-state index >= 15 is 0 Å². The van der Waals surface area contributed by atoms with Crippen molar-refractivity contribution in [2.75, 3.05) is 6.61 Å². The maximum absolute atomic E-state index is 7.45. The molecule has 1 N–H and O–H groups in total. The molecule has 2 nitrogen and oxygen atoms in total.